The molecular weight excluding hydrogens is 376 g/mol. The van der Waals surface area contributed by atoms with Crippen LogP contribution in [-0.4, -0.2) is 34.4 Å². The average Bonchev–Trinajstić information content (AvgIpc) is 3.04. The quantitative estimate of drug-likeness (QED) is 0.603. The summed E-state index contributed by atoms with van der Waals surface area (Å²) in [5.74, 6) is -0.179. The third-order valence-electron chi connectivity index (χ3n) is 3.90. The van der Waals surface area contributed by atoms with Crippen LogP contribution < -0.4 is 10.6 Å². The molecule has 2 aromatic rings. The number of aryl methyl sites for hydroxylation is 1. The van der Waals surface area contributed by atoms with Gasteiger partial charge < -0.3 is 19.9 Å². The molecule has 2 heterocycles. The molecule has 1 aromatic heterocycles. The van der Waals surface area contributed by atoms with Crippen LogP contribution in [0.15, 0.2) is 53.1 Å². The lowest BCUT2D eigenvalue weighted by Gasteiger charge is -2.29. The lowest BCUT2D eigenvalue weighted by atomic mass is 9.95. The fourth-order valence-corrected chi connectivity index (χ4v) is 3.80. The maximum Gasteiger partial charge on any atom is 0.338 e. The molecule has 26 heavy (non-hydrogen) atoms. The van der Waals surface area contributed by atoms with Crippen LogP contribution in [0.1, 0.15) is 11.6 Å². The van der Waals surface area contributed by atoms with E-state index in [0.717, 1.165) is 5.16 Å². The van der Waals surface area contributed by atoms with Crippen molar-refractivity contribution in [1.82, 2.24) is 20.2 Å². The predicted molar refractivity (Wildman–Crippen MR) is 98.8 cm³/mol. The molecule has 1 atom stereocenters. The van der Waals surface area contributed by atoms with Crippen LogP contribution >= 0.6 is 23.4 Å². The standard InChI is InChI=1S/C17H17ClN4O3S/c1-22-8-7-19-17(22)26-9-12-13(15(23)25-2)14(21-16(24)20-12)10-5-3-4-6-11(10)18/h3-8,14H,9H2,1-2H3,(H2,20,21,24)/t14-/m1/s1. The van der Waals surface area contributed by atoms with Gasteiger partial charge in [-0.15, -0.1) is 0 Å². The van der Waals surface area contributed by atoms with Crippen molar-refractivity contribution in [1.29, 1.82) is 0 Å². The molecule has 0 fully saturated rings. The highest BCUT2D eigenvalue weighted by molar-refractivity contribution is 7.99. The van der Waals surface area contributed by atoms with E-state index in [2.05, 4.69) is 15.6 Å². The molecular formula is C17H17ClN4O3S. The van der Waals surface area contributed by atoms with Crippen molar-refractivity contribution >= 4 is 35.4 Å². The highest BCUT2D eigenvalue weighted by Gasteiger charge is 2.34. The Hall–Kier alpha value is -2.45. The maximum atomic E-state index is 12.5. The summed E-state index contributed by atoms with van der Waals surface area (Å²) < 4.78 is 6.80. The molecule has 0 saturated heterocycles. The van der Waals surface area contributed by atoms with E-state index in [1.54, 1.807) is 30.5 Å². The van der Waals surface area contributed by atoms with Crippen LogP contribution in [0.4, 0.5) is 4.79 Å². The van der Waals surface area contributed by atoms with Crippen molar-refractivity contribution in [2.75, 3.05) is 12.9 Å². The summed E-state index contributed by atoms with van der Waals surface area (Å²) in [5, 5.41) is 6.68. The number of esters is 1. The minimum atomic E-state index is -0.693. The number of carbonyl (C=O) groups excluding carboxylic acids is 2. The monoisotopic (exact) mass is 392 g/mol. The largest absolute Gasteiger partial charge is 0.466 e. The van der Waals surface area contributed by atoms with Gasteiger partial charge in [0.1, 0.15) is 0 Å². The highest BCUT2D eigenvalue weighted by atomic mass is 35.5. The van der Waals surface area contributed by atoms with Gasteiger partial charge in [-0.05, 0) is 11.6 Å². The van der Waals surface area contributed by atoms with Gasteiger partial charge in [-0.3, -0.25) is 0 Å². The lowest BCUT2D eigenvalue weighted by Crippen LogP contribution is -2.46. The molecule has 136 valence electrons. The predicted octanol–water partition coefficient (Wildman–Crippen LogP) is 2.65. The number of carbonyl (C=O) groups is 2. The van der Waals surface area contributed by atoms with Crippen LogP contribution in [-0.2, 0) is 16.6 Å². The summed E-state index contributed by atoms with van der Waals surface area (Å²) in [4.78, 5) is 28.9. The van der Waals surface area contributed by atoms with E-state index in [9.17, 15) is 9.59 Å². The smallest absolute Gasteiger partial charge is 0.338 e. The van der Waals surface area contributed by atoms with Crippen molar-refractivity contribution in [3.8, 4) is 0 Å². The minimum Gasteiger partial charge on any atom is -0.466 e. The van der Waals surface area contributed by atoms with Gasteiger partial charge in [-0.25, -0.2) is 14.6 Å². The fraction of sp³-hybridized carbons (Fsp3) is 0.235. The van der Waals surface area contributed by atoms with Gasteiger partial charge >= 0.3 is 12.0 Å². The van der Waals surface area contributed by atoms with Crippen molar-refractivity contribution < 1.29 is 14.3 Å². The summed E-state index contributed by atoms with van der Waals surface area (Å²) in [6.45, 7) is 0. The van der Waals surface area contributed by atoms with Gasteiger partial charge in [0.05, 0.1) is 18.7 Å². The maximum absolute atomic E-state index is 12.5. The Kier molecular flexibility index (Phi) is 5.53. The zero-order valence-corrected chi connectivity index (χ0v) is 15.7. The third-order valence-corrected chi connectivity index (χ3v) is 5.33. The number of ether oxygens (including phenoxy) is 1. The Morgan fingerprint density at radius 1 is 1.42 bits per heavy atom. The first kappa shape index (κ1) is 18.3. The minimum absolute atomic E-state index is 0.321. The molecule has 0 unspecified atom stereocenters. The van der Waals surface area contributed by atoms with E-state index < -0.39 is 18.0 Å². The van der Waals surface area contributed by atoms with E-state index in [1.165, 1.54) is 18.9 Å². The van der Waals surface area contributed by atoms with Crippen molar-refractivity contribution in [3.05, 3.63) is 58.5 Å². The number of hydrogen-bond acceptors (Lipinski definition) is 5. The normalized spacial score (nSPS) is 16.9. The van der Waals surface area contributed by atoms with E-state index in [1.807, 2.05) is 17.8 Å². The lowest BCUT2D eigenvalue weighted by molar-refractivity contribution is -0.136. The van der Waals surface area contributed by atoms with E-state index in [-0.39, 0.29) is 0 Å². The van der Waals surface area contributed by atoms with Crippen LogP contribution in [0.2, 0.25) is 5.02 Å². The average molecular weight is 393 g/mol. The Morgan fingerprint density at radius 3 is 2.85 bits per heavy atom. The summed E-state index contributed by atoms with van der Waals surface area (Å²) in [5.41, 5.74) is 1.42. The fourth-order valence-electron chi connectivity index (χ4n) is 2.65. The van der Waals surface area contributed by atoms with Gasteiger partial charge in [-0.2, -0.15) is 0 Å². The zero-order valence-electron chi connectivity index (χ0n) is 14.2. The molecule has 9 heteroatoms. The summed E-state index contributed by atoms with van der Waals surface area (Å²) in [6.07, 6.45) is 3.51. The first-order chi connectivity index (χ1) is 12.5. The number of benzene rings is 1. The van der Waals surface area contributed by atoms with E-state index in [0.29, 0.717) is 27.6 Å². The number of halogens is 1. The number of nitrogens with zero attached hydrogens (tertiary/aromatic N) is 2. The Morgan fingerprint density at radius 2 is 2.19 bits per heavy atom. The van der Waals surface area contributed by atoms with Crippen LogP contribution in [0, 0.1) is 0 Å². The number of aromatic nitrogens is 2. The second kappa shape index (κ2) is 7.84. The Bertz CT molecular complexity index is 880. The number of rotatable bonds is 5. The molecule has 0 saturated carbocycles. The van der Waals surface area contributed by atoms with Crippen molar-refractivity contribution in [3.63, 3.8) is 0 Å². The molecule has 7 nitrogen and oxygen atoms in total. The van der Waals surface area contributed by atoms with Gasteiger partial charge in [0.15, 0.2) is 5.16 Å². The summed E-state index contributed by atoms with van der Waals surface area (Å²) in [6, 6.07) is 5.97. The summed E-state index contributed by atoms with van der Waals surface area (Å²) in [7, 11) is 3.18. The van der Waals surface area contributed by atoms with Crippen molar-refractivity contribution in [2.45, 2.75) is 11.2 Å². The Balaban J connectivity index is 2.00. The molecule has 2 N–H and O–H groups in total. The van der Waals surface area contributed by atoms with Gasteiger partial charge in [0.25, 0.3) is 0 Å². The van der Waals surface area contributed by atoms with Gasteiger partial charge in [0, 0.05) is 35.9 Å². The molecule has 1 aliphatic heterocycles. The number of nitrogens with one attached hydrogen (secondary N) is 2. The van der Waals surface area contributed by atoms with Crippen LogP contribution in [0.3, 0.4) is 0 Å². The number of thioether (sulfide) groups is 1. The number of hydrogen-bond donors (Lipinski definition) is 2. The van der Waals surface area contributed by atoms with E-state index in [4.69, 9.17) is 16.3 Å². The topological polar surface area (TPSA) is 85.2 Å². The number of urea groups is 1. The SMILES string of the molecule is COC(=O)C1=C(CSc2nccn2C)NC(=O)N[C@@H]1c1ccccc1Cl. The molecule has 0 bridgehead atoms. The molecule has 0 radical (unpaired) electrons. The highest BCUT2D eigenvalue weighted by Crippen LogP contribution is 2.33. The number of imidazole rings is 1. The third kappa shape index (κ3) is 3.71. The van der Waals surface area contributed by atoms with Crippen LogP contribution in [0.25, 0.3) is 0 Å². The molecule has 3 rings (SSSR count). The molecule has 1 aromatic carbocycles. The van der Waals surface area contributed by atoms with E-state index >= 15 is 0 Å². The first-order valence-corrected chi connectivity index (χ1v) is 9.11. The van der Waals surface area contributed by atoms with Gasteiger partial charge in [0.2, 0.25) is 0 Å². The number of methoxy groups -OCH3 is 1. The van der Waals surface area contributed by atoms with Gasteiger partial charge in [-0.1, -0.05) is 41.6 Å². The Labute approximate surface area is 159 Å². The summed E-state index contributed by atoms with van der Waals surface area (Å²) >= 11 is 7.69. The molecule has 0 spiro atoms. The number of amides is 2. The second-order valence-corrected chi connectivity index (χ2v) is 6.90. The first-order valence-electron chi connectivity index (χ1n) is 7.74. The van der Waals surface area contributed by atoms with Crippen molar-refractivity contribution in [2.24, 2.45) is 7.05 Å². The zero-order chi connectivity index (χ0) is 18.7. The molecule has 2 amide bonds. The molecule has 1 aliphatic rings. The molecule has 0 aliphatic carbocycles. The van der Waals surface area contributed by atoms with Crippen LogP contribution in [0.5, 0.6) is 0 Å². The second-order valence-electron chi connectivity index (χ2n) is 5.55.